The van der Waals surface area contributed by atoms with Gasteiger partial charge in [-0.1, -0.05) is 48.5 Å². The highest BCUT2D eigenvalue weighted by Crippen LogP contribution is 2.24. The summed E-state index contributed by atoms with van der Waals surface area (Å²) >= 11 is 1.61. The van der Waals surface area contributed by atoms with Crippen molar-refractivity contribution in [1.29, 1.82) is 0 Å². The van der Waals surface area contributed by atoms with Crippen molar-refractivity contribution < 1.29 is 9.53 Å². The normalized spacial score (nSPS) is 10.9. The Morgan fingerprint density at radius 2 is 1.90 bits per heavy atom. The van der Waals surface area contributed by atoms with E-state index in [4.69, 9.17) is 9.72 Å². The lowest BCUT2D eigenvalue weighted by molar-refractivity contribution is -0.121. The van der Waals surface area contributed by atoms with Gasteiger partial charge < -0.3 is 10.1 Å². The maximum absolute atomic E-state index is 12.3. The Bertz CT molecular complexity index is 1100. The summed E-state index contributed by atoms with van der Waals surface area (Å²) < 4.78 is 7.45. The fourth-order valence-electron chi connectivity index (χ4n) is 3.33. The number of carbonyl (C=O) groups is 1. The molecule has 0 fully saturated rings. The fraction of sp³-hybridized carbons (Fsp3) is 0.217. The summed E-state index contributed by atoms with van der Waals surface area (Å²) in [5.41, 5.74) is 4.27. The Labute approximate surface area is 174 Å². The summed E-state index contributed by atoms with van der Waals surface area (Å²) in [7, 11) is 1.67. The number of nitrogens with zero attached hydrogens (tertiary/aromatic N) is 2. The molecule has 0 bridgehead atoms. The maximum Gasteiger partial charge on any atom is 0.220 e. The number of hydrogen-bond acceptors (Lipinski definition) is 4. The lowest BCUT2D eigenvalue weighted by Crippen LogP contribution is -2.26. The third-order valence-corrected chi connectivity index (χ3v) is 5.76. The summed E-state index contributed by atoms with van der Waals surface area (Å²) in [6.07, 6.45) is 3.94. The highest BCUT2D eigenvalue weighted by molar-refractivity contribution is 7.15. The Kier molecular flexibility index (Phi) is 5.91. The lowest BCUT2D eigenvalue weighted by Gasteiger charge is -2.09. The largest absolute Gasteiger partial charge is 0.496 e. The summed E-state index contributed by atoms with van der Waals surface area (Å²) in [5.74, 6) is 0.916. The first kappa shape index (κ1) is 19.2. The topological polar surface area (TPSA) is 55.6 Å². The number of imidazole rings is 1. The lowest BCUT2D eigenvalue weighted by atomic mass is 10.1. The van der Waals surface area contributed by atoms with Crippen LogP contribution in [0.2, 0.25) is 0 Å². The van der Waals surface area contributed by atoms with Crippen LogP contribution in [0.1, 0.15) is 17.7 Å². The molecule has 4 aromatic rings. The van der Waals surface area contributed by atoms with E-state index in [0.29, 0.717) is 19.4 Å². The van der Waals surface area contributed by atoms with E-state index >= 15 is 0 Å². The van der Waals surface area contributed by atoms with Crippen LogP contribution in [0.15, 0.2) is 66.2 Å². The molecule has 5 nitrogen and oxygen atoms in total. The molecule has 0 spiro atoms. The molecule has 0 aliphatic heterocycles. The maximum atomic E-state index is 12.3. The van der Waals surface area contributed by atoms with Crippen LogP contribution < -0.4 is 10.1 Å². The molecule has 4 rings (SSSR count). The predicted molar refractivity (Wildman–Crippen MR) is 117 cm³/mol. The van der Waals surface area contributed by atoms with Crippen LogP contribution >= 0.6 is 11.3 Å². The Morgan fingerprint density at radius 1 is 1.10 bits per heavy atom. The van der Waals surface area contributed by atoms with E-state index in [-0.39, 0.29) is 5.91 Å². The molecule has 6 heteroatoms. The molecule has 1 amide bonds. The van der Waals surface area contributed by atoms with Gasteiger partial charge in [-0.3, -0.25) is 9.20 Å². The van der Waals surface area contributed by atoms with E-state index < -0.39 is 0 Å². The van der Waals surface area contributed by atoms with Gasteiger partial charge in [-0.25, -0.2) is 4.98 Å². The summed E-state index contributed by atoms with van der Waals surface area (Å²) in [5, 5.41) is 5.09. The number of fused-ring (bicyclic) bond motifs is 1. The molecule has 0 saturated heterocycles. The number of ether oxygens (including phenoxy) is 1. The van der Waals surface area contributed by atoms with Crippen LogP contribution in [0.3, 0.4) is 0 Å². The first-order chi connectivity index (χ1) is 14.2. The van der Waals surface area contributed by atoms with E-state index in [0.717, 1.165) is 39.6 Å². The van der Waals surface area contributed by atoms with Crippen LogP contribution in [0, 0.1) is 0 Å². The third kappa shape index (κ3) is 4.49. The van der Waals surface area contributed by atoms with Gasteiger partial charge >= 0.3 is 0 Å². The van der Waals surface area contributed by atoms with Gasteiger partial charge in [-0.15, -0.1) is 11.3 Å². The highest BCUT2D eigenvalue weighted by Gasteiger charge is 2.11. The van der Waals surface area contributed by atoms with Crippen molar-refractivity contribution in [3.63, 3.8) is 0 Å². The zero-order chi connectivity index (χ0) is 20.1. The molecule has 0 aliphatic carbocycles. The van der Waals surface area contributed by atoms with E-state index in [1.165, 1.54) is 0 Å². The van der Waals surface area contributed by atoms with Gasteiger partial charge in [0.15, 0.2) is 4.96 Å². The summed E-state index contributed by atoms with van der Waals surface area (Å²) in [6.45, 7) is 0.599. The van der Waals surface area contributed by atoms with Crippen molar-refractivity contribution in [3.05, 3.63) is 77.4 Å². The number of aromatic nitrogens is 2. The quantitative estimate of drug-likeness (QED) is 0.474. The van der Waals surface area contributed by atoms with Crippen LogP contribution in [-0.2, 0) is 17.6 Å². The van der Waals surface area contributed by atoms with Crippen LogP contribution in [0.4, 0.5) is 0 Å². The number of aryl methyl sites for hydroxylation is 1. The highest BCUT2D eigenvalue weighted by atomic mass is 32.1. The Hall–Kier alpha value is -3.12. The van der Waals surface area contributed by atoms with Gasteiger partial charge in [-0.05, 0) is 24.5 Å². The molecule has 2 aromatic heterocycles. The number of hydrogen-bond donors (Lipinski definition) is 1. The molecule has 29 heavy (non-hydrogen) atoms. The minimum absolute atomic E-state index is 0.0580. The smallest absolute Gasteiger partial charge is 0.220 e. The van der Waals surface area contributed by atoms with Crippen molar-refractivity contribution >= 4 is 22.2 Å². The zero-order valence-corrected chi connectivity index (χ0v) is 17.1. The van der Waals surface area contributed by atoms with Crippen LogP contribution in [-0.4, -0.2) is 28.9 Å². The standard InChI is InChI=1S/C23H23N3O2S/c1-28-21-10-6-5-9-18(21)13-14-24-22(27)12-11-19-16-29-23-25-20(15-26(19)23)17-7-3-2-4-8-17/h2-10,15-16H,11-14H2,1H3,(H,24,27). The molecule has 0 atom stereocenters. The van der Waals surface area contributed by atoms with Crippen LogP contribution in [0.25, 0.3) is 16.2 Å². The summed E-state index contributed by atoms with van der Waals surface area (Å²) in [6, 6.07) is 18.0. The van der Waals surface area contributed by atoms with Crippen molar-refractivity contribution in [2.45, 2.75) is 19.3 Å². The molecule has 0 aliphatic rings. The van der Waals surface area contributed by atoms with Gasteiger partial charge in [0.25, 0.3) is 0 Å². The Morgan fingerprint density at radius 3 is 2.72 bits per heavy atom. The number of nitrogens with one attached hydrogen (secondary N) is 1. The average molecular weight is 406 g/mol. The summed E-state index contributed by atoms with van der Waals surface area (Å²) in [4.78, 5) is 17.9. The van der Waals surface area contributed by atoms with E-state index in [2.05, 4.69) is 33.4 Å². The minimum atomic E-state index is 0.0580. The van der Waals surface area contributed by atoms with E-state index in [9.17, 15) is 4.79 Å². The van der Waals surface area contributed by atoms with E-state index in [1.807, 2.05) is 42.5 Å². The third-order valence-electron chi connectivity index (χ3n) is 4.87. The van der Waals surface area contributed by atoms with Crippen molar-refractivity contribution in [3.8, 4) is 17.0 Å². The fourth-order valence-corrected chi connectivity index (χ4v) is 4.24. The molecular weight excluding hydrogens is 382 g/mol. The van der Waals surface area contributed by atoms with Gasteiger partial charge in [-0.2, -0.15) is 0 Å². The van der Waals surface area contributed by atoms with Gasteiger partial charge in [0.05, 0.1) is 12.8 Å². The molecule has 2 heterocycles. The van der Waals surface area contributed by atoms with Crippen molar-refractivity contribution in [2.24, 2.45) is 0 Å². The van der Waals surface area contributed by atoms with Gasteiger partial charge in [0.2, 0.25) is 5.91 Å². The predicted octanol–water partition coefficient (Wildman–Crippen LogP) is 4.36. The SMILES string of the molecule is COc1ccccc1CCNC(=O)CCc1csc2nc(-c3ccccc3)cn12. The molecule has 1 N–H and O–H groups in total. The molecule has 0 radical (unpaired) electrons. The van der Waals surface area contributed by atoms with Crippen LogP contribution in [0.5, 0.6) is 5.75 Å². The molecule has 148 valence electrons. The molecule has 2 aromatic carbocycles. The number of para-hydroxylation sites is 1. The van der Waals surface area contributed by atoms with E-state index in [1.54, 1.807) is 18.4 Å². The molecule has 0 saturated carbocycles. The van der Waals surface area contributed by atoms with Crippen molar-refractivity contribution in [2.75, 3.05) is 13.7 Å². The number of methoxy groups -OCH3 is 1. The minimum Gasteiger partial charge on any atom is -0.496 e. The second-order valence-electron chi connectivity index (χ2n) is 6.78. The molecule has 0 unspecified atom stereocenters. The second kappa shape index (κ2) is 8.92. The number of rotatable bonds is 8. The first-order valence-corrected chi connectivity index (χ1v) is 10.5. The van der Waals surface area contributed by atoms with Crippen molar-refractivity contribution in [1.82, 2.24) is 14.7 Å². The number of thiazole rings is 1. The zero-order valence-electron chi connectivity index (χ0n) is 16.3. The van der Waals surface area contributed by atoms with Gasteiger partial charge in [0, 0.05) is 35.8 Å². The number of amides is 1. The number of benzene rings is 2. The second-order valence-corrected chi connectivity index (χ2v) is 7.62. The molecular formula is C23H23N3O2S. The Balaban J connectivity index is 1.32. The average Bonchev–Trinajstić information content (AvgIpc) is 3.34. The number of carbonyl (C=O) groups excluding carboxylic acids is 1. The van der Waals surface area contributed by atoms with Gasteiger partial charge in [0.1, 0.15) is 5.75 Å². The monoisotopic (exact) mass is 405 g/mol. The first-order valence-electron chi connectivity index (χ1n) is 9.64.